The number of hydrogen-bond acceptors (Lipinski definition) is 4. The maximum atomic E-state index is 9.81. The van der Waals surface area contributed by atoms with E-state index in [1.807, 2.05) is 24.3 Å². The summed E-state index contributed by atoms with van der Waals surface area (Å²) in [5, 5.41) is 14.2. The average molecular weight is 275 g/mol. The summed E-state index contributed by atoms with van der Waals surface area (Å²) in [4.78, 5) is 0. The van der Waals surface area contributed by atoms with Gasteiger partial charge in [0.15, 0.2) is 0 Å². The number of fused-ring (bicyclic) bond motifs is 1. The molecule has 1 unspecified atom stereocenters. The third-order valence-corrected chi connectivity index (χ3v) is 3.62. The minimum Gasteiger partial charge on any atom is -0.464 e. The Morgan fingerprint density at radius 3 is 3.05 bits per heavy atom. The second-order valence-corrected chi connectivity index (χ2v) is 5.52. The van der Waals surface area contributed by atoms with Gasteiger partial charge in [-0.3, -0.25) is 0 Å². The molecular formula is C16H21NO3. The molecule has 4 heteroatoms. The third kappa shape index (κ3) is 3.60. The maximum absolute atomic E-state index is 9.81. The molecule has 2 N–H and O–H groups in total. The number of para-hydroxylation sites is 1. The normalized spacial score (nSPS) is 16.6. The van der Waals surface area contributed by atoms with Gasteiger partial charge >= 0.3 is 0 Å². The highest BCUT2D eigenvalue weighted by Gasteiger charge is 2.21. The molecule has 2 aromatic rings. The molecule has 0 radical (unpaired) electrons. The van der Waals surface area contributed by atoms with Crippen molar-refractivity contribution in [1.82, 2.24) is 5.32 Å². The summed E-state index contributed by atoms with van der Waals surface area (Å²) in [6, 6.07) is 7.97. The summed E-state index contributed by atoms with van der Waals surface area (Å²) < 4.78 is 10.9. The number of furan rings is 1. The molecule has 3 rings (SSSR count). The van der Waals surface area contributed by atoms with Gasteiger partial charge in [-0.2, -0.15) is 0 Å². The number of nitrogens with one attached hydrogen (secondary N) is 1. The summed E-state index contributed by atoms with van der Waals surface area (Å²) >= 11 is 0. The third-order valence-electron chi connectivity index (χ3n) is 3.62. The minimum atomic E-state index is -0.452. The Bertz CT molecular complexity index is 547. The second kappa shape index (κ2) is 6.39. The molecule has 1 aromatic heterocycles. The Hall–Kier alpha value is -1.36. The minimum absolute atomic E-state index is 0.412. The van der Waals surface area contributed by atoms with Crippen LogP contribution in [0, 0.1) is 5.92 Å². The quantitative estimate of drug-likeness (QED) is 0.776. The monoisotopic (exact) mass is 275 g/mol. The first-order chi connectivity index (χ1) is 9.83. The van der Waals surface area contributed by atoms with E-state index in [1.165, 1.54) is 12.8 Å². The van der Waals surface area contributed by atoms with Crippen LogP contribution in [0.5, 0.6) is 0 Å². The molecule has 4 nitrogen and oxygen atoms in total. The van der Waals surface area contributed by atoms with Crippen LogP contribution in [-0.4, -0.2) is 31.0 Å². The van der Waals surface area contributed by atoms with Crippen LogP contribution in [0.2, 0.25) is 0 Å². The molecule has 0 amide bonds. The molecule has 1 aliphatic carbocycles. The first kappa shape index (κ1) is 13.6. The van der Waals surface area contributed by atoms with Crippen LogP contribution in [0.4, 0.5) is 0 Å². The standard InChI is InChI=1S/C16H21NO3/c18-14(11-19-9-12-5-6-12)8-17-7-13-10-20-16-4-2-1-3-15(13)16/h1-4,10,12,14,17-18H,5-9,11H2. The van der Waals surface area contributed by atoms with E-state index >= 15 is 0 Å². The number of ether oxygens (including phenoxy) is 1. The zero-order chi connectivity index (χ0) is 13.8. The van der Waals surface area contributed by atoms with E-state index in [1.54, 1.807) is 6.26 Å². The molecule has 1 fully saturated rings. The molecule has 0 bridgehead atoms. The lowest BCUT2D eigenvalue weighted by atomic mass is 10.2. The smallest absolute Gasteiger partial charge is 0.134 e. The van der Waals surface area contributed by atoms with Crippen LogP contribution in [0.3, 0.4) is 0 Å². The van der Waals surface area contributed by atoms with Crippen LogP contribution in [0.15, 0.2) is 34.9 Å². The molecule has 1 aromatic carbocycles. The van der Waals surface area contributed by atoms with Crippen LogP contribution in [-0.2, 0) is 11.3 Å². The first-order valence-corrected chi connectivity index (χ1v) is 7.24. The Morgan fingerprint density at radius 1 is 1.35 bits per heavy atom. The number of hydrogen-bond donors (Lipinski definition) is 2. The van der Waals surface area contributed by atoms with Crippen molar-refractivity contribution in [1.29, 1.82) is 0 Å². The summed E-state index contributed by atoms with van der Waals surface area (Å²) in [7, 11) is 0. The summed E-state index contributed by atoms with van der Waals surface area (Å²) in [6.07, 6.45) is 3.88. The van der Waals surface area contributed by atoms with Crippen molar-refractivity contribution in [3.8, 4) is 0 Å². The van der Waals surface area contributed by atoms with Crippen molar-refractivity contribution in [3.63, 3.8) is 0 Å². The van der Waals surface area contributed by atoms with Gasteiger partial charge in [0.25, 0.3) is 0 Å². The lowest BCUT2D eigenvalue weighted by Gasteiger charge is -2.11. The van der Waals surface area contributed by atoms with E-state index in [-0.39, 0.29) is 0 Å². The maximum Gasteiger partial charge on any atom is 0.134 e. The summed E-state index contributed by atoms with van der Waals surface area (Å²) in [5.41, 5.74) is 2.02. The SMILES string of the molecule is OC(CNCc1coc2ccccc12)COCC1CC1. The zero-order valence-electron chi connectivity index (χ0n) is 11.5. The fourth-order valence-corrected chi connectivity index (χ4v) is 2.26. The van der Waals surface area contributed by atoms with Gasteiger partial charge in [-0.25, -0.2) is 0 Å². The fraction of sp³-hybridized carbons (Fsp3) is 0.500. The lowest BCUT2D eigenvalue weighted by molar-refractivity contribution is 0.0324. The van der Waals surface area contributed by atoms with E-state index in [2.05, 4.69) is 5.32 Å². The topological polar surface area (TPSA) is 54.6 Å². The van der Waals surface area contributed by atoms with Gasteiger partial charge in [0.05, 0.1) is 19.0 Å². The lowest BCUT2D eigenvalue weighted by Crippen LogP contribution is -2.30. The average Bonchev–Trinajstić information content (AvgIpc) is 3.19. The van der Waals surface area contributed by atoms with Gasteiger partial charge in [0.2, 0.25) is 0 Å². The predicted octanol–water partition coefficient (Wildman–Crippen LogP) is 2.31. The Kier molecular flexibility index (Phi) is 4.35. The first-order valence-electron chi connectivity index (χ1n) is 7.24. The van der Waals surface area contributed by atoms with Crippen molar-refractivity contribution in [2.75, 3.05) is 19.8 Å². The zero-order valence-corrected chi connectivity index (χ0v) is 11.5. The Balaban J connectivity index is 1.40. The molecule has 20 heavy (non-hydrogen) atoms. The van der Waals surface area contributed by atoms with Gasteiger partial charge in [-0.1, -0.05) is 18.2 Å². The Labute approximate surface area is 118 Å². The van der Waals surface area contributed by atoms with Gasteiger partial charge in [-0.05, 0) is 24.8 Å². The molecule has 0 spiro atoms. The fourth-order valence-electron chi connectivity index (χ4n) is 2.26. The summed E-state index contributed by atoms with van der Waals surface area (Å²) in [6.45, 7) is 2.43. The highest BCUT2D eigenvalue weighted by atomic mass is 16.5. The molecule has 108 valence electrons. The van der Waals surface area contributed by atoms with Crippen LogP contribution in [0.25, 0.3) is 11.0 Å². The van der Waals surface area contributed by atoms with Crippen molar-refractivity contribution >= 4 is 11.0 Å². The van der Waals surface area contributed by atoms with E-state index in [0.717, 1.165) is 29.1 Å². The highest BCUT2D eigenvalue weighted by molar-refractivity contribution is 5.80. The van der Waals surface area contributed by atoms with E-state index in [4.69, 9.17) is 9.15 Å². The van der Waals surface area contributed by atoms with Crippen molar-refractivity contribution in [2.45, 2.75) is 25.5 Å². The summed E-state index contributed by atoms with van der Waals surface area (Å²) in [5.74, 6) is 0.743. The molecule has 1 atom stereocenters. The van der Waals surface area contributed by atoms with Gasteiger partial charge < -0.3 is 19.6 Å². The van der Waals surface area contributed by atoms with Crippen molar-refractivity contribution in [2.24, 2.45) is 5.92 Å². The van der Waals surface area contributed by atoms with Crippen molar-refractivity contribution < 1.29 is 14.3 Å². The number of rotatable bonds is 8. The predicted molar refractivity (Wildman–Crippen MR) is 77.5 cm³/mol. The van der Waals surface area contributed by atoms with Crippen LogP contribution < -0.4 is 5.32 Å². The molecular weight excluding hydrogens is 254 g/mol. The van der Waals surface area contributed by atoms with Gasteiger partial charge in [0, 0.05) is 30.6 Å². The van der Waals surface area contributed by atoms with Gasteiger partial charge in [0.1, 0.15) is 5.58 Å². The van der Waals surface area contributed by atoms with E-state index in [9.17, 15) is 5.11 Å². The number of aliphatic hydroxyl groups is 1. The highest BCUT2D eigenvalue weighted by Crippen LogP contribution is 2.28. The number of aliphatic hydroxyl groups excluding tert-OH is 1. The Morgan fingerprint density at radius 2 is 2.20 bits per heavy atom. The van der Waals surface area contributed by atoms with Crippen molar-refractivity contribution in [3.05, 3.63) is 36.1 Å². The molecule has 0 aliphatic heterocycles. The molecule has 0 saturated heterocycles. The molecule has 1 heterocycles. The van der Waals surface area contributed by atoms with E-state index in [0.29, 0.717) is 19.7 Å². The van der Waals surface area contributed by atoms with Gasteiger partial charge in [-0.15, -0.1) is 0 Å². The molecule has 1 saturated carbocycles. The van der Waals surface area contributed by atoms with E-state index < -0.39 is 6.10 Å². The largest absolute Gasteiger partial charge is 0.464 e. The van der Waals surface area contributed by atoms with Crippen LogP contribution in [0.1, 0.15) is 18.4 Å². The second-order valence-electron chi connectivity index (χ2n) is 5.52. The van der Waals surface area contributed by atoms with Crippen LogP contribution >= 0.6 is 0 Å². The molecule has 1 aliphatic rings. The number of benzene rings is 1.